The predicted octanol–water partition coefficient (Wildman–Crippen LogP) is 1.42. The Balaban J connectivity index is 2.98. The van der Waals surface area contributed by atoms with Crippen LogP contribution in [0.15, 0.2) is 0 Å². The number of cyclic esters (lactones) is 1. The molecule has 2 N–H and O–H groups in total. The van der Waals surface area contributed by atoms with Crippen molar-refractivity contribution in [2.75, 3.05) is 25.4 Å². The number of esters is 2. The molecule has 160 valence electrons. The third-order valence-corrected chi connectivity index (χ3v) is 5.56. The Hall–Kier alpha value is -1.77. The van der Waals surface area contributed by atoms with Crippen LogP contribution < -0.4 is 10.6 Å². The quantitative estimate of drug-likeness (QED) is 0.667. The highest BCUT2D eigenvalue weighted by Crippen LogP contribution is 2.30. The molecule has 0 bridgehead atoms. The molecule has 0 aromatic rings. The molecule has 0 aliphatic carbocycles. The molecule has 1 atom stereocenters. The number of thioether (sulfide) groups is 1. The van der Waals surface area contributed by atoms with E-state index in [0.29, 0.717) is 12.3 Å². The summed E-state index contributed by atoms with van der Waals surface area (Å²) < 4.78 is 10.3. The molecule has 0 aromatic heterocycles. The predicted molar refractivity (Wildman–Crippen MR) is 107 cm³/mol. The second kappa shape index (κ2) is 10.7. The van der Waals surface area contributed by atoms with Gasteiger partial charge >= 0.3 is 11.9 Å². The monoisotopic (exact) mass is 416 g/mol. The summed E-state index contributed by atoms with van der Waals surface area (Å²) in [5.74, 6) is -0.884. The zero-order chi connectivity index (χ0) is 21.4. The average molecular weight is 417 g/mol. The number of hydrogen-bond acceptors (Lipinski definition) is 7. The van der Waals surface area contributed by atoms with Gasteiger partial charge in [0, 0.05) is 41.8 Å². The normalized spacial score (nSPS) is 22.3. The van der Waals surface area contributed by atoms with Gasteiger partial charge in [0.2, 0.25) is 5.91 Å². The molecule has 0 unspecified atom stereocenters. The molecule has 1 aliphatic rings. The van der Waals surface area contributed by atoms with Gasteiger partial charge < -0.3 is 20.1 Å². The topological polar surface area (TPSA) is 111 Å². The smallest absolute Gasteiger partial charge is 0.307 e. The average Bonchev–Trinajstić information content (AvgIpc) is 2.60. The number of amides is 2. The lowest BCUT2D eigenvalue weighted by molar-refractivity contribution is -0.169. The van der Waals surface area contributed by atoms with Crippen LogP contribution in [0, 0.1) is 5.41 Å². The molecule has 1 rings (SSSR count). The van der Waals surface area contributed by atoms with Crippen molar-refractivity contribution in [1.82, 2.24) is 10.6 Å². The number of ether oxygens (including phenoxy) is 2. The van der Waals surface area contributed by atoms with Crippen LogP contribution in [0.25, 0.3) is 0 Å². The van der Waals surface area contributed by atoms with Crippen LogP contribution in [0.1, 0.15) is 53.9 Å². The number of carbonyl (C=O) groups excluding carboxylic acids is 4. The van der Waals surface area contributed by atoms with E-state index in [9.17, 15) is 19.2 Å². The lowest BCUT2D eigenvalue weighted by atomic mass is 9.86. The minimum atomic E-state index is -1.14. The number of carbonyl (C=O) groups is 4. The van der Waals surface area contributed by atoms with Crippen molar-refractivity contribution in [2.45, 2.75) is 64.7 Å². The largest absolute Gasteiger partial charge is 0.465 e. The second-order valence-electron chi connectivity index (χ2n) is 8.05. The molecule has 1 fully saturated rings. The van der Waals surface area contributed by atoms with Gasteiger partial charge in [-0.25, -0.2) is 0 Å². The first-order chi connectivity index (χ1) is 13.0. The Kier molecular flexibility index (Phi) is 9.26. The van der Waals surface area contributed by atoms with Crippen molar-refractivity contribution in [3.8, 4) is 0 Å². The number of hydrogen-bond donors (Lipinski definition) is 2. The Labute approximate surface area is 170 Å². The molecule has 0 radical (unpaired) electrons. The number of rotatable bonds is 4. The van der Waals surface area contributed by atoms with Crippen molar-refractivity contribution in [1.29, 1.82) is 0 Å². The first-order valence-corrected chi connectivity index (χ1v) is 10.5. The van der Waals surface area contributed by atoms with Gasteiger partial charge in [0.25, 0.3) is 5.91 Å². The van der Waals surface area contributed by atoms with E-state index in [2.05, 4.69) is 10.6 Å². The van der Waals surface area contributed by atoms with Gasteiger partial charge in [-0.1, -0.05) is 34.6 Å². The van der Waals surface area contributed by atoms with Crippen LogP contribution in [-0.2, 0) is 28.7 Å². The maximum Gasteiger partial charge on any atom is 0.307 e. The van der Waals surface area contributed by atoms with E-state index in [1.807, 2.05) is 13.8 Å². The SMILES string of the molecule is CCC(=O)OCC(C)(C)[C@H]1OC(=O)CC(C)(C)SCCNC(=O)CCNC1=O. The van der Waals surface area contributed by atoms with Crippen molar-refractivity contribution >= 4 is 35.5 Å². The molecule has 1 heterocycles. The van der Waals surface area contributed by atoms with Crippen LogP contribution in [0.4, 0.5) is 0 Å². The third kappa shape index (κ3) is 8.50. The highest BCUT2D eigenvalue weighted by atomic mass is 32.2. The first-order valence-electron chi connectivity index (χ1n) is 9.50. The summed E-state index contributed by atoms with van der Waals surface area (Å²) in [6, 6.07) is 0. The van der Waals surface area contributed by atoms with E-state index < -0.39 is 34.1 Å². The first kappa shape index (κ1) is 24.3. The zero-order valence-electron chi connectivity index (χ0n) is 17.4. The van der Waals surface area contributed by atoms with Gasteiger partial charge in [0.1, 0.15) is 6.61 Å². The standard InChI is InChI=1S/C19H32N2O6S/c1-6-14(23)26-12-18(2,3)16-17(25)21-8-7-13(22)20-9-10-28-19(4,5)11-15(24)27-16/h16H,6-12H2,1-5H3,(H,20,22)(H,21,25)/t16-/m0/s1. The molecule has 8 nitrogen and oxygen atoms in total. The summed E-state index contributed by atoms with van der Waals surface area (Å²) in [7, 11) is 0. The second-order valence-corrected chi connectivity index (χ2v) is 9.85. The van der Waals surface area contributed by atoms with Gasteiger partial charge in [-0.3, -0.25) is 19.2 Å². The maximum atomic E-state index is 12.7. The van der Waals surface area contributed by atoms with Crippen LogP contribution in [0.2, 0.25) is 0 Å². The molecule has 1 saturated heterocycles. The van der Waals surface area contributed by atoms with E-state index in [1.165, 1.54) is 0 Å². The van der Waals surface area contributed by atoms with Gasteiger partial charge in [-0.2, -0.15) is 11.8 Å². The van der Waals surface area contributed by atoms with Gasteiger partial charge in [-0.15, -0.1) is 0 Å². The van der Waals surface area contributed by atoms with Crippen molar-refractivity contribution in [3.63, 3.8) is 0 Å². The molecule has 9 heteroatoms. The summed E-state index contributed by atoms with van der Waals surface area (Å²) in [5, 5.41) is 5.44. The Morgan fingerprint density at radius 1 is 1.25 bits per heavy atom. The fourth-order valence-corrected chi connectivity index (χ4v) is 3.56. The van der Waals surface area contributed by atoms with Gasteiger partial charge in [0.15, 0.2) is 6.10 Å². The molecule has 0 spiro atoms. The minimum Gasteiger partial charge on any atom is -0.465 e. The molecular weight excluding hydrogens is 384 g/mol. The summed E-state index contributed by atoms with van der Waals surface area (Å²) in [4.78, 5) is 48.6. The minimum absolute atomic E-state index is 0.0658. The molecule has 0 aromatic carbocycles. The maximum absolute atomic E-state index is 12.7. The Bertz CT molecular complexity index is 591. The Morgan fingerprint density at radius 2 is 1.93 bits per heavy atom. The molecule has 28 heavy (non-hydrogen) atoms. The van der Waals surface area contributed by atoms with E-state index in [0.717, 1.165) is 0 Å². The van der Waals surface area contributed by atoms with E-state index in [1.54, 1.807) is 32.5 Å². The van der Waals surface area contributed by atoms with Crippen LogP contribution in [0.3, 0.4) is 0 Å². The fraction of sp³-hybridized carbons (Fsp3) is 0.789. The highest BCUT2D eigenvalue weighted by Gasteiger charge is 2.40. The van der Waals surface area contributed by atoms with Crippen LogP contribution in [-0.4, -0.2) is 60.1 Å². The summed E-state index contributed by atoms with van der Waals surface area (Å²) >= 11 is 1.55. The summed E-state index contributed by atoms with van der Waals surface area (Å²) in [6.07, 6.45) is -0.685. The lowest BCUT2D eigenvalue weighted by Crippen LogP contribution is -2.50. The van der Waals surface area contributed by atoms with E-state index in [4.69, 9.17) is 9.47 Å². The molecule has 1 aliphatic heterocycles. The summed E-state index contributed by atoms with van der Waals surface area (Å²) in [6.45, 7) is 9.45. The van der Waals surface area contributed by atoms with Crippen molar-refractivity contribution < 1.29 is 28.7 Å². The Morgan fingerprint density at radius 3 is 2.57 bits per heavy atom. The highest BCUT2D eigenvalue weighted by molar-refractivity contribution is 8.00. The molecule has 0 saturated carbocycles. The van der Waals surface area contributed by atoms with Gasteiger partial charge in [-0.05, 0) is 0 Å². The zero-order valence-corrected chi connectivity index (χ0v) is 18.2. The van der Waals surface area contributed by atoms with E-state index >= 15 is 0 Å². The van der Waals surface area contributed by atoms with Crippen LogP contribution in [0.5, 0.6) is 0 Å². The molecular formula is C19H32N2O6S. The van der Waals surface area contributed by atoms with Crippen molar-refractivity contribution in [3.05, 3.63) is 0 Å². The fourth-order valence-electron chi connectivity index (χ4n) is 2.58. The number of nitrogens with one attached hydrogen (secondary N) is 2. The lowest BCUT2D eigenvalue weighted by Gasteiger charge is -2.33. The molecule has 2 amide bonds. The van der Waals surface area contributed by atoms with Crippen molar-refractivity contribution in [2.24, 2.45) is 5.41 Å². The van der Waals surface area contributed by atoms with Crippen LogP contribution >= 0.6 is 11.8 Å². The third-order valence-electron chi connectivity index (χ3n) is 4.23. The summed E-state index contributed by atoms with van der Waals surface area (Å²) in [5.41, 5.74) is -0.929. The van der Waals surface area contributed by atoms with Gasteiger partial charge in [0.05, 0.1) is 6.42 Å². The van der Waals surface area contributed by atoms with E-state index in [-0.39, 0.29) is 38.3 Å².